The third kappa shape index (κ3) is 3.64. The second-order valence-corrected chi connectivity index (χ2v) is 6.03. The van der Waals surface area contributed by atoms with Crippen molar-refractivity contribution in [2.24, 2.45) is 5.41 Å². The van der Waals surface area contributed by atoms with Crippen molar-refractivity contribution in [1.82, 2.24) is 4.90 Å². The van der Waals surface area contributed by atoms with E-state index in [2.05, 4.69) is 39.6 Å². The SMILES string of the molecule is COc1cc(N)ccc1CN(C)C(C)C(C)(C)C. The fourth-order valence-corrected chi connectivity index (χ4v) is 1.96. The molecule has 1 rings (SSSR count). The summed E-state index contributed by atoms with van der Waals surface area (Å²) in [5.74, 6) is 0.864. The molecule has 3 nitrogen and oxygen atoms in total. The van der Waals surface area contributed by atoms with Crippen LogP contribution < -0.4 is 10.5 Å². The predicted molar refractivity (Wildman–Crippen MR) is 77.8 cm³/mol. The average molecular weight is 250 g/mol. The molecule has 0 fully saturated rings. The standard InChI is InChI=1S/C15H26N2O/c1-11(15(2,3)4)17(5)10-12-7-8-13(16)9-14(12)18-6/h7-9,11H,10,16H2,1-6H3. The summed E-state index contributed by atoms with van der Waals surface area (Å²) in [6.45, 7) is 9.89. The molecule has 1 unspecified atom stereocenters. The number of nitrogens with two attached hydrogens (primary N) is 1. The zero-order valence-corrected chi connectivity index (χ0v) is 12.4. The molecule has 0 aliphatic rings. The molecule has 102 valence electrons. The fraction of sp³-hybridized carbons (Fsp3) is 0.600. The molecule has 0 saturated heterocycles. The van der Waals surface area contributed by atoms with Gasteiger partial charge in [-0.1, -0.05) is 26.8 Å². The number of anilines is 1. The molecule has 1 atom stereocenters. The average Bonchev–Trinajstić information content (AvgIpc) is 2.29. The predicted octanol–water partition coefficient (Wildman–Crippen LogP) is 3.14. The third-order valence-corrected chi connectivity index (χ3v) is 3.65. The molecular formula is C15H26N2O. The Morgan fingerprint density at radius 3 is 2.44 bits per heavy atom. The van der Waals surface area contributed by atoms with Crippen molar-refractivity contribution in [3.63, 3.8) is 0 Å². The van der Waals surface area contributed by atoms with E-state index in [0.717, 1.165) is 18.0 Å². The molecule has 0 saturated carbocycles. The van der Waals surface area contributed by atoms with E-state index in [0.29, 0.717) is 6.04 Å². The van der Waals surface area contributed by atoms with Crippen LogP contribution in [0.3, 0.4) is 0 Å². The smallest absolute Gasteiger partial charge is 0.125 e. The van der Waals surface area contributed by atoms with Crippen molar-refractivity contribution in [3.05, 3.63) is 23.8 Å². The van der Waals surface area contributed by atoms with Gasteiger partial charge in [-0.3, -0.25) is 4.90 Å². The van der Waals surface area contributed by atoms with Crippen LogP contribution in [0.5, 0.6) is 5.75 Å². The second-order valence-electron chi connectivity index (χ2n) is 6.03. The highest BCUT2D eigenvalue weighted by Crippen LogP contribution is 2.27. The maximum absolute atomic E-state index is 5.77. The van der Waals surface area contributed by atoms with Gasteiger partial charge in [0, 0.05) is 29.9 Å². The Labute approximate surface area is 111 Å². The Kier molecular flexibility index (Phi) is 4.63. The molecule has 2 N–H and O–H groups in total. The van der Waals surface area contributed by atoms with Crippen LogP contribution in [0.25, 0.3) is 0 Å². The van der Waals surface area contributed by atoms with Gasteiger partial charge in [0.25, 0.3) is 0 Å². The summed E-state index contributed by atoms with van der Waals surface area (Å²) in [6, 6.07) is 6.33. The maximum Gasteiger partial charge on any atom is 0.125 e. The van der Waals surface area contributed by atoms with Crippen molar-refractivity contribution >= 4 is 5.69 Å². The quantitative estimate of drug-likeness (QED) is 0.834. The highest BCUT2D eigenvalue weighted by Gasteiger charge is 2.24. The summed E-state index contributed by atoms with van der Waals surface area (Å²) in [5, 5.41) is 0. The van der Waals surface area contributed by atoms with Gasteiger partial charge in [-0.2, -0.15) is 0 Å². The molecule has 0 aliphatic carbocycles. The van der Waals surface area contributed by atoms with Gasteiger partial charge in [0.1, 0.15) is 5.75 Å². The van der Waals surface area contributed by atoms with Gasteiger partial charge in [-0.15, -0.1) is 0 Å². The number of methoxy groups -OCH3 is 1. The minimum Gasteiger partial charge on any atom is -0.496 e. The normalized spacial score (nSPS) is 13.7. The van der Waals surface area contributed by atoms with Crippen LogP contribution >= 0.6 is 0 Å². The lowest BCUT2D eigenvalue weighted by molar-refractivity contribution is 0.133. The lowest BCUT2D eigenvalue weighted by Crippen LogP contribution is -2.38. The number of benzene rings is 1. The first-order valence-electron chi connectivity index (χ1n) is 6.38. The summed E-state index contributed by atoms with van der Waals surface area (Å²) in [4.78, 5) is 2.34. The number of nitrogen functional groups attached to an aromatic ring is 1. The molecule has 0 aromatic heterocycles. The largest absolute Gasteiger partial charge is 0.496 e. The van der Waals surface area contributed by atoms with Crippen LogP contribution in [0.15, 0.2) is 18.2 Å². The van der Waals surface area contributed by atoms with E-state index in [1.807, 2.05) is 18.2 Å². The van der Waals surface area contributed by atoms with E-state index in [9.17, 15) is 0 Å². The van der Waals surface area contributed by atoms with Crippen molar-refractivity contribution in [1.29, 1.82) is 0 Å². The maximum atomic E-state index is 5.77. The van der Waals surface area contributed by atoms with E-state index < -0.39 is 0 Å². The van der Waals surface area contributed by atoms with Gasteiger partial charge in [0.05, 0.1) is 7.11 Å². The van der Waals surface area contributed by atoms with E-state index in [1.165, 1.54) is 5.56 Å². The van der Waals surface area contributed by atoms with E-state index in [-0.39, 0.29) is 5.41 Å². The van der Waals surface area contributed by atoms with Crippen LogP contribution in [0, 0.1) is 5.41 Å². The Hall–Kier alpha value is -1.22. The molecule has 3 heteroatoms. The summed E-state index contributed by atoms with van der Waals surface area (Å²) in [7, 11) is 3.83. The molecule has 0 spiro atoms. The first-order valence-corrected chi connectivity index (χ1v) is 6.38. The zero-order chi connectivity index (χ0) is 13.9. The summed E-state index contributed by atoms with van der Waals surface area (Å²) >= 11 is 0. The minimum absolute atomic E-state index is 0.260. The van der Waals surface area contributed by atoms with Gasteiger partial charge in [0.2, 0.25) is 0 Å². The molecule has 0 heterocycles. The number of rotatable bonds is 4. The number of ether oxygens (including phenoxy) is 1. The van der Waals surface area contributed by atoms with E-state index >= 15 is 0 Å². The number of hydrogen-bond acceptors (Lipinski definition) is 3. The van der Waals surface area contributed by atoms with E-state index in [4.69, 9.17) is 10.5 Å². The minimum atomic E-state index is 0.260. The Morgan fingerprint density at radius 2 is 1.94 bits per heavy atom. The zero-order valence-electron chi connectivity index (χ0n) is 12.4. The van der Waals surface area contributed by atoms with Gasteiger partial charge >= 0.3 is 0 Å². The Morgan fingerprint density at radius 1 is 1.33 bits per heavy atom. The summed E-state index contributed by atoms with van der Waals surface area (Å²) in [5.41, 5.74) is 7.94. The van der Waals surface area contributed by atoms with Crippen LogP contribution in [-0.4, -0.2) is 25.1 Å². The Bertz CT molecular complexity index is 396. The van der Waals surface area contributed by atoms with Crippen LogP contribution in [0.1, 0.15) is 33.3 Å². The molecule has 0 radical (unpaired) electrons. The van der Waals surface area contributed by atoms with Crippen molar-refractivity contribution in [3.8, 4) is 5.75 Å². The fourth-order valence-electron chi connectivity index (χ4n) is 1.96. The highest BCUT2D eigenvalue weighted by molar-refractivity contribution is 5.48. The summed E-state index contributed by atoms with van der Waals surface area (Å²) < 4.78 is 5.39. The first kappa shape index (κ1) is 14.8. The number of hydrogen-bond donors (Lipinski definition) is 1. The van der Waals surface area contributed by atoms with Gasteiger partial charge in [-0.25, -0.2) is 0 Å². The van der Waals surface area contributed by atoms with Crippen molar-refractivity contribution in [2.75, 3.05) is 19.9 Å². The molecule has 18 heavy (non-hydrogen) atoms. The first-order chi connectivity index (χ1) is 8.25. The van der Waals surface area contributed by atoms with Crippen molar-refractivity contribution in [2.45, 2.75) is 40.3 Å². The lowest BCUT2D eigenvalue weighted by Gasteiger charge is -2.35. The monoisotopic (exact) mass is 250 g/mol. The summed E-state index contributed by atoms with van der Waals surface area (Å²) in [6.07, 6.45) is 0. The topological polar surface area (TPSA) is 38.5 Å². The van der Waals surface area contributed by atoms with Crippen LogP contribution in [0.2, 0.25) is 0 Å². The molecular weight excluding hydrogens is 224 g/mol. The second kappa shape index (κ2) is 5.61. The van der Waals surface area contributed by atoms with E-state index in [1.54, 1.807) is 7.11 Å². The lowest BCUT2D eigenvalue weighted by atomic mass is 9.87. The molecule has 0 aliphatic heterocycles. The highest BCUT2D eigenvalue weighted by atomic mass is 16.5. The van der Waals surface area contributed by atoms with Gasteiger partial charge < -0.3 is 10.5 Å². The van der Waals surface area contributed by atoms with Crippen molar-refractivity contribution < 1.29 is 4.74 Å². The van der Waals surface area contributed by atoms with Crippen LogP contribution in [0.4, 0.5) is 5.69 Å². The third-order valence-electron chi connectivity index (χ3n) is 3.65. The molecule has 0 bridgehead atoms. The van der Waals surface area contributed by atoms with Gasteiger partial charge in [0.15, 0.2) is 0 Å². The Balaban J connectivity index is 2.85. The number of nitrogens with zero attached hydrogens (tertiary/aromatic N) is 1. The molecule has 0 amide bonds. The molecule has 1 aromatic rings. The van der Waals surface area contributed by atoms with Gasteiger partial charge in [-0.05, 0) is 25.5 Å². The van der Waals surface area contributed by atoms with Crippen LogP contribution in [-0.2, 0) is 6.54 Å². The molecule has 1 aromatic carbocycles.